The minimum Gasteiger partial charge on any atom is -0.369 e. The zero-order valence-corrected chi connectivity index (χ0v) is 19.2. The number of hydrogen-bond acceptors (Lipinski definition) is 3. The number of carbonyl (C=O) groups excluding carboxylic acids is 1. The number of amidine groups is 1. The molecule has 5 nitrogen and oxygen atoms in total. The molecular formula is C26H40N4O. The Hall–Kier alpha value is -1.62. The number of piperidine rings is 1. The van der Waals surface area contributed by atoms with Gasteiger partial charge < -0.3 is 10.2 Å². The highest BCUT2D eigenvalue weighted by atomic mass is 16.2. The average Bonchev–Trinajstić information content (AvgIpc) is 3.05. The molecule has 31 heavy (non-hydrogen) atoms. The molecule has 0 aromatic carbocycles. The minimum absolute atomic E-state index is 0.0315. The maximum absolute atomic E-state index is 13.3. The van der Waals surface area contributed by atoms with Crippen LogP contribution < -0.4 is 5.32 Å². The quantitative estimate of drug-likeness (QED) is 0.601. The molecule has 1 spiro atoms. The molecular weight excluding hydrogens is 384 g/mol. The van der Waals surface area contributed by atoms with Gasteiger partial charge >= 0.3 is 6.03 Å². The van der Waals surface area contributed by atoms with E-state index in [1.165, 1.54) is 82.9 Å². The van der Waals surface area contributed by atoms with Crippen LogP contribution in [0.4, 0.5) is 4.79 Å². The number of allylic oxidation sites excluding steroid dienone is 4. The van der Waals surface area contributed by atoms with Crippen molar-refractivity contribution in [2.24, 2.45) is 4.99 Å². The molecule has 3 fully saturated rings. The molecule has 170 valence electrons. The molecule has 4 bridgehead atoms. The zero-order chi connectivity index (χ0) is 21.1. The number of nitrogens with zero attached hydrogens (tertiary/aromatic N) is 3. The van der Waals surface area contributed by atoms with Gasteiger partial charge in [-0.3, -0.25) is 4.90 Å². The molecule has 7 rings (SSSR count). The van der Waals surface area contributed by atoms with Gasteiger partial charge in [-0.25, -0.2) is 4.79 Å². The summed E-state index contributed by atoms with van der Waals surface area (Å²) in [6.07, 6.45) is 22.9. The number of nitrogens with one attached hydrogen (secondary N) is 1. The lowest BCUT2D eigenvalue weighted by atomic mass is 9.82. The number of urea groups is 1. The zero-order valence-electron chi connectivity index (χ0n) is 19.2. The Morgan fingerprint density at radius 1 is 0.839 bits per heavy atom. The Morgan fingerprint density at radius 2 is 1.58 bits per heavy atom. The van der Waals surface area contributed by atoms with Crippen molar-refractivity contribution >= 4 is 11.9 Å². The third kappa shape index (κ3) is 4.48. The summed E-state index contributed by atoms with van der Waals surface area (Å²) in [7, 11) is 0. The normalized spacial score (nSPS) is 33.0. The largest absolute Gasteiger partial charge is 0.369 e. The maximum Gasteiger partial charge on any atom is 0.350 e. The van der Waals surface area contributed by atoms with Crippen molar-refractivity contribution in [3.63, 3.8) is 0 Å². The molecule has 0 radical (unpaired) electrons. The van der Waals surface area contributed by atoms with E-state index in [1.807, 2.05) is 0 Å². The number of fused-ring (bicyclic) bond motifs is 2. The molecule has 5 aliphatic heterocycles. The average molecular weight is 425 g/mol. The van der Waals surface area contributed by atoms with E-state index in [9.17, 15) is 4.79 Å². The minimum atomic E-state index is -0.251. The first-order valence-corrected chi connectivity index (χ1v) is 13.1. The summed E-state index contributed by atoms with van der Waals surface area (Å²) < 4.78 is 0. The third-order valence-corrected chi connectivity index (χ3v) is 8.37. The Morgan fingerprint density at radius 3 is 2.35 bits per heavy atom. The topological polar surface area (TPSA) is 47.9 Å². The second-order valence-corrected chi connectivity index (χ2v) is 10.4. The maximum atomic E-state index is 13.3. The molecule has 0 aromatic rings. The van der Waals surface area contributed by atoms with Crippen molar-refractivity contribution in [3.05, 3.63) is 23.4 Å². The molecule has 0 atom stereocenters. The standard InChI is InChI=1S/C26H40N4O/c31-25-28-24(27-22-10-6-4-7-11-22)26-16-19-29(20-17-26)18-8-3-1-2-5-9-21-12-14-23(15-13-21)30(25)26/h12,14,22H,1-11,13,15-20H2,(H,27,28,31). The van der Waals surface area contributed by atoms with Gasteiger partial charge in [0.05, 0.1) is 0 Å². The van der Waals surface area contributed by atoms with Crippen LogP contribution in [0.3, 0.4) is 0 Å². The highest BCUT2D eigenvalue weighted by molar-refractivity contribution is 6.07. The van der Waals surface area contributed by atoms with E-state index >= 15 is 0 Å². The van der Waals surface area contributed by atoms with Crippen molar-refractivity contribution < 1.29 is 4.79 Å². The Balaban J connectivity index is 1.43. The van der Waals surface area contributed by atoms with Gasteiger partial charge in [-0.2, -0.15) is 4.99 Å². The van der Waals surface area contributed by atoms with Crippen LogP contribution >= 0.6 is 0 Å². The fourth-order valence-electron chi connectivity index (χ4n) is 6.43. The Bertz CT molecular complexity index is 753. The summed E-state index contributed by atoms with van der Waals surface area (Å²) in [5, 5.41) is 3.80. The molecule has 7 aliphatic rings. The second kappa shape index (κ2) is 9.48. The van der Waals surface area contributed by atoms with Crippen LogP contribution in [0.5, 0.6) is 0 Å². The van der Waals surface area contributed by atoms with Gasteiger partial charge in [-0.05, 0) is 70.4 Å². The van der Waals surface area contributed by atoms with E-state index in [1.54, 1.807) is 5.57 Å². The first-order valence-electron chi connectivity index (χ1n) is 13.1. The summed E-state index contributed by atoms with van der Waals surface area (Å²) in [4.78, 5) is 22.7. The van der Waals surface area contributed by atoms with E-state index in [0.717, 1.165) is 44.6 Å². The molecule has 1 N–H and O–H groups in total. The van der Waals surface area contributed by atoms with E-state index in [2.05, 4.69) is 32.3 Å². The van der Waals surface area contributed by atoms with Gasteiger partial charge in [0.1, 0.15) is 11.4 Å². The molecule has 5 heteroatoms. The van der Waals surface area contributed by atoms with Gasteiger partial charge in [0, 0.05) is 24.8 Å². The first-order chi connectivity index (χ1) is 15.2. The summed E-state index contributed by atoms with van der Waals surface area (Å²) in [6.45, 7) is 3.35. The number of hydrogen-bond donors (Lipinski definition) is 1. The van der Waals surface area contributed by atoms with Crippen molar-refractivity contribution in [1.82, 2.24) is 15.1 Å². The molecule has 0 aromatic heterocycles. The van der Waals surface area contributed by atoms with Crippen molar-refractivity contribution in [1.29, 1.82) is 0 Å². The number of rotatable bonds is 1. The van der Waals surface area contributed by atoms with E-state index in [-0.39, 0.29) is 11.6 Å². The predicted molar refractivity (Wildman–Crippen MR) is 126 cm³/mol. The second-order valence-electron chi connectivity index (χ2n) is 10.4. The van der Waals surface area contributed by atoms with Crippen molar-refractivity contribution in [2.45, 2.75) is 108 Å². The summed E-state index contributed by atoms with van der Waals surface area (Å²) in [6, 6.07) is 0.454. The van der Waals surface area contributed by atoms with Gasteiger partial charge in [-0.1, -0.05) is 50.2 Å². The lowest BCUT2D eigenvalue weighted by molar-refractivity contribution is 0.114. The van der Waals surface area contributed by atoms with Gasteiger partial charge in [0.2, 0.25) is 0 Å². The van der Waals surface area contributed by atoms with Crippen LogP contribution in [-0.2, 0) is 0 Å². The summed E-state index contributed by atoms with van der Waals surface area (Å²) in [5.41, 5.74) is 2.51. The fourth-order valence-corrected chi connectivity index (χ4v) is 6.43. The van der Waals surface area contributed by atoms with Crippen molar-refractivity contribution in [3.8, 4) is 0 Å². The molecule has 5 heterocycles. The smallest absolute Gasteiger partial charge is 0.350 e. The van der Waals surface area contributed by atoms with Crippen LogP contribution in [0.15, 0.2) is 28.4 Å². The molecule has 2 amide bonds. The van der Waals surface area contributed by atoms with E-state index in [4.69, 9.17) is 0 Å². The lowest BCUT2D eigenvalue weighted by Gasteiger charge is -2.47. The van der Waals surface area contributed by atoms with Gasteiger partial charge in [-0.15, -0.1) is 0 Å². The highest BCUT2D eigenvalue weighted by Crippen LogP contribution is 2.41. The highest BCUT2D eigenvalue weighted by Gasteiger charge is 2.52. The Labute approximate surface area is 188 Å². The molecule has 0 unspecified atom stereocenters. The molecule has 2 aliphatic carbocycles. The van der Waals surface area contributed by atoms with Crippen LogP contribution in [0, 0.1) is 0 Å². The lowest BCUT2D eigenvalue weighted by Crippen LogP contribution is -2.61. The van der Waals surface area contributed by atoms with E-state index in [0.29, 0.717) is 6.04 Å². The summed E-state index contributed by atoms with van der Waals surface area (Å²) in [5.74, 6) is 0.987. The SMILES string of the molecule is O=C1N=C(NC2CCCCC2)C23CCN(CCCCCCCC4=CC=C(CC4)N12)CC3. The summed E-state index contributed by atoms with van der Waals surface area (Å²) >= 11 is 0. The Kier molecular flexibility index (Phi) is 6.49. The van der Waals surface area contributed by atoms with Gasteiger partial charge in [0.25, 0.3) is 0 Å². The van der Waals surface area contributed by atoms with Crippen LogP contribution in [0.25, 0.3) is 0 Å². The van der Waals surface area contributed by atoms with Crippen LogP contribution in [0.2, 0.25) is 0 Å². The third-order valence-electron chi connectivity index (χ3n) is 8.37. The predicted octanol–water partition coefficient (Wildman–Crippen LogP) is 5.54. The van der Waals surface area contributed by atoms with Crippen LogP contribution in [-0.4, -0.2) is 52.9 Å². The fraction of sp³-hybridized carbons (Fsp3) is 0.769. The van der Waals surface area contributed by atoms with Gasteiger partial charge in [0.15, 0.2) is 0 Å². The number of amides is 2. The number of aliphatic imine (C=N–C) groups is 1. The number of carbonyl (C=O) groups is 1. The van der Waals surface area contributed by atoms with Crippen molar-refractivity contribution in [2.75, 3.05) is 19.6 Å². The monoisotopic (exact) mass is 424 g/mol. The van der Waals surface area contributed by atoms with E-state index < -0.39 is 0 Å². The molecule has 1 saturated carbocycles. The molecule has 2 saturated heterocycles. The first kappa shape index (κ1) is 21.2. The van der Waals surface area contributed by atoms with Crippen LogP contribution in [0.1, 0.15) is 96.3 Å².